The van der Waals surface area contributed by atoms with Gasteiger partial charge in [0.2, 0.25) is 0 Å². The molecule has 0 aromatic carbocycles. The van der Waals surface area contributed by atoms with Crippen molar-refractivity contribution in [2.75, 3.05) is 0 Å². The molecule has 0 aromatic rings. The van der Waals surface area contributed by atoms with Gasteiger partial charge < -0.3 is 16.8 Å². The summed E-state index contributed by atoms with van der Waals surface area (Å²) in [7, 11) is 0. The van der Waals surface area contributed by atoms with Crippen LogP contribution in [-0.2, 0) is 4.79 Å². The van der Waals surface area contributed by atoms with Crippen LogP contribution in [0.4, 0.5) is 0 Å². The van der Waals surface area contributed by atoms with Crippen molar-refractivity contribution in [1.82, 2.24) is 0 Å². The second-order valence-electron chi connectivity index (χ2n) is 0.372. The van der Waals surface area contributed by atoms with Crippen molar-refractivity contribution in [3.05, 3.63) is 6.92 Å². The molecule has 0 unspecified atom stereocenters. The van der Waals surface area contributed by atoms with E-state index >= 15 is 0 Å². The topological polar surface area (TPSA) is 40.1 Å². The van der Waals surface area contributed by atoms with Crippen LogP contribution in [0.3, 0.4) is 0 Å². The quantitative estimate of drug-likeness (QED) is 0.210. The first kappa shape index (κ1) is 16.0. The number of hydrogen-bond acceptors (Lipinski definition) is 2. The number of hydrogen-bond donors (Lipinski definition) is 0. The third-order valence-corrected chi connectivity index (χ3v) is 0. The molecular weight excluding hydrogens is 69.9 g/mol. The average molecular weight is 71.9 g/mol. The molecule has 0 rings (SSSR count). The molecule has 6 heavy (non-hydrogen) atoms. The summed E-state index contributed by atoms with van der Waals surface area (Å²) in [5, 5.41) is 8.78. The van der Waals surface area contributed by atoms with Crippen molar-refractivity contribution < 1.29 is 47.6 Å². The maximum atomic E-state index is 8.78. The SMILES string of the molecule is [CH2-]C(=O)[O-].[Li+].[Li+]. The molecule has 0 aliphatic carbocycles. The average Bonchev–Trinajstić information content (AvgIpc) is 0.811. The zero-order chi connectivity index (χ0) is 3.58. The number of rotatable bonds is 0. The van der Waals surface area contributed by atoms with E-state index < -0.39 is 5.97 Å². The van der Waals surface area contributed by atoms with E-state index in [4.69, 9.17) is 9.90 Å². The van der Waals surface area contributed by atoms with Gasteiger partial charge in [0.15, 0.2) is 0 Å². The van der Waals surface area contributed by atoms with Crippen molar-refractivity contribution in [2.24, 2.45) is 0 Å². The Balaban J connectivity index is -0.0000000450. The molecule has 0 saturated carbocycles. The summed E-state index contributed by atoms with van der Waals surface area (Å²) < 4.78 is 0. The van der Waals surface area contributed by atoms with Crippen LogP contribution >= 0.6 is 0 Å². The summed E-state index contributed by atoms with van der Waals surface area (Å²) in [4.78, 5) is 8.78. The van der Waals surface area contributed by atoms with Gasteiger partial charge in [0.25, 0.3) is 0 Å². The summed E-state index contributed by atoms with van der Waals surface area (Å²) in [6, 6.07) is 0. The minimum atomic E-state index is -1.33. The first-order valence-electron chi connectivity index (χ1n) is 0.762. The molecule has 0 radical (unpaired) electrons. The fourth-order valence-corrected chi connectivity index (χ4v) is 0. The number of carboxylic acids is 1. The Kier molecular flexibility index (Phi) is 24.3. The third kappa shape index (κ3) is 198. The minimum absolute atomic E-state index is 0. The Hall–Kier alpha value is 0.535. The van der Waals surface area contributed by atoms with Crippen LogP contribution in [0.5, 0.6) is 0 Å². The van der Waals surface area contributed by atoms with Gasteiger partial charge in [-0.25, -0.2) is 0 Å². The second kappa shape index (κ2) is 9.11. The fraction of sp³-hybridized carbons (Fsp3) is 0. The van der Waals surface area contributed by atoms with E-state index in [-0.39, 0.29) is 37.7 Å². The molecule has 0 aliphatic rings. The number of aliphatic carboxylic acids is 1. The van der Waals surface area contributed by atoms with Crippen molar-refractivity contribution in [3.8, 4) is 0 Å². The smallest absolute Gasteiger partial charge is 0.584 e. The zero-order valence-electron chi connectivity index (χ0n) is 4.02. The van der Waals surface area contributed by atoms with E-state index in [2.05, 4.69) is 6.92 Å². The number of carboxylic acid groups (broad SMARTS) is 1. The van der Waals surface area contributed by atoms with Gasteiger partial charge >= 0.3 is 37.7 Å². The molecule has 0 aromatic heterocycles. The molecule has 0 aliphatic heterocycles. The second-order valence-corrected chi connectivity index (χ2v) is 0.372. The van der Waals surface area contributed by atoms with Gasteiger partial charge in [-0.15, -0.1) is 5.97 Å². The third-order valence-electron chi connectivity index (χ3n) is 0. The molecule has 0 bridgehead atoms. The van der Waals surface area contributed by atoms with Crippen LogP contribution in [0.2, 0.25) is 0 Å². The number of carbonyl (C=O) groups excluding carboxylic acids is 1. The molecule has 0 N–H and O–H groups in total. The van der Waals surface area contributed by atoms with E-state index in [1.54, 1.807) is 0 Å². The first-order valence-corrected chi connectivity index (χ1v) is 0.762. The maximum absolute atomic E-state index is 8.78. The van der Waals surface area contributed by atoms with Crippen molar-refractivity contribution in [1.29, 1.82) is 0 Å². The number of carbonyl (C=O) groups is 1. The maximum Gasteiger partial charge on any atom is 1.00 e. The monoisotopic (exact) mass is 72.0 g/mol. The molecule has 2 nitrogen and oxygen atoms in total. The molecule has 0 heterocycles. The van der Waals surface area contributed by atoms with Crippen molar-refractivity contribution in [2.45, 2.75) is 0 Å². The van der Waals surface area contributed by atoms with E-state index in [1.165, 1.54) is 0 Å². The zero-order valence-corrected chi connectivity index (χ0v) is 4.02. The fourth-order valence-electron chi connectivity index (χ4n) is 0. The molecule has 4 heteroatoms. The van der Waals surface area contributed by atoms with Gasteiger partial charge in [-0.05, 0) is 0 Å². The normalized spacial score (nSPS) is 4.00. The molecule has 0 saturated heterocycles. The predicted molar refractivity (Wildman–Crippen MR) is 10.4 cm³/mol. The van der Waals surface area contributed by atoms with E-state index in [9.17, 15) is 0 Å². The van der Waals surface area contributed by atoms with Crippen LogP contribution < -0.4 is 42.8 Å². The van der Waals surface area contributed by atoms with Gasteiger partial charge in [-0.1, -0.05) is 0 Å². The van der Waals surface area contributed by atoms with Gasteiger partial charge in [0.05, 0.1) is 0 Å². The van der Waals surface area contributed by atoms with Gasteiger partial charge in [0, 0.05) is 0 Å². The molecular formula is C2H2Li2O2. The van der Waals surface area contributed by atoms with Gasteiger partial charge in [-0.2, -0.15) is 0 Å². The standard InChI is InChI=1S/C2H3O2.2Li/c1-2(3)4;;/h1H2,(H,3,4);;/q-1;2*+1/p-1. The summed E-state index contributed by atoms with van der Waals surface area (Å²) >= 11 is 0. The van der Waals surface area contributed by atoms with Crippen LogP contribution in [0.1, 0.15) is 0 Å². The Morgan fingerprint density at radius 3 is 1.50 bits per heavy atom. The van der Waals surface area contributed by atoms with E-state index in [0.717, 1.165) is 0 Å². The van der Waals surface area contributed by atoms with Gasteiger partial charge in [0.1, 0.15) is 0 Å². The van der Waals surface area contributed by atoms with Gasteiger partial charge in [-0.3, -0.25) is 0 Å². The summed E-state index contributed by atoms with van der Waals surface area (Å²) in [5.41, 5.74) is 0. The summed E-state index contributed by atoms with van der Waals surface area (Å²) in [5.74, 6) is -1.33. The Labute approximate surface area is 60.7 Å². The minimum Gasteiger partial charge on any atom is -0.584 e. The van der Waals surface area contributed by atoms with Crippen LogP contribution in [0.15, 0.2) is 0 Å². The van der Waals surface area contributed by atoms with Crippen LogP contribution in [0.25, 0.3) is 0 Å². The molecule has 0 spiro atoms. The Morgan fingerprint density at radius 1 is 1.50 bits per heavy atom. The molecule has 0 atom stereocenters. The van der Waals surface area contributed by atoms with E-state index in [1.807, 2.05) is 0 Å². The largest absolute Gasteiger partial charge is 1.00 e. The van der Waals surface area contributed by atoms with Crippen molar-refractivity contribution in [3.63, 3.8) is 0 Å². The first-order chi connectivity index (χ1) is 1.73. The van der Waals surface area contributed by atoms with Crippen molar-refractivity contribution >= 4 is 5.97 Å². The Morgan fingerprint density at radius 2 is 1.50 bits per heavy atom. The summed E-state index contributed by atoms with van der Waals surface area (Å²) in [6.07, 6.45) is 0. The summed E-state index contributed by atoms with van der Waals surface area (Å²) in [6.45, 7) is 2.44. The van der Waals surface area contributed by atoms with E-state index in [0.29, 0.717) is 0 Å². The predicted octanol–water partition coefficient (Wildman–Crippen LogP) is -7.42. The Bertz CT molecular complexity index is 32.5. The molecule has 0 fully saturated rings. The van der Waals surface area contributed by atoms with Crippen LogP contribution in [-0.4, -0.2) is 5.97 Å². The molecule has 0 amide bonds. The molecule has 24 valence electrons. The van der Waals surface area contributed by atoms with Crippen LogP contribution in [0, 0.1) is 6.92 Å².